The highest BCUT2D eigenvalue weighted by atomic mass is 79.9. The number of aromatic nitrogens is 2. The van der Waals surface area contributed by atoms with Crippen molar-refractivity contribution in [3.63, 3.8) is 0 Å². The Balaban J connectivity index is 1.70. The lowest BCUT2D eigenvalue weighted by molar-refractivity contribution is 0.465. The summed E-state index contributed by atoms with van der Waals surface area (Å²) < 4.78 is 20.0. The van der Waals surface area contributed by atoms with Gasteiger partial charge in [0.2, 0.25) is 5.89 Å². The highest BCUT2D eigenvalue weighted by Crippen LogP contribution is 2.27. The number of benzene rings is 2. The largest absolute Gasteiger partial charge is 0.411 e. The lowest BCUT2D eigenvalue weighted by atomic mass is 10.2. The molecule has 0 aliphatic rings. The molecule has 22 heavy (non-hydrogen) atoms. The van der Waals surface area contributed by atoms with E-state index in [-0.39, 0.29) is 5.82 Å². The molecule has 0 aliphatic carbocycles. The average Bonchev–Trinajstić information content (AvgIpc) is 2.96. The molecular formula is C15H9BrClFN2OS. The molecule has 0 bridgehead atoms. The van der Waals surface area contributed by atoms with E-state index in [0.29, 0.717) is 31.9 Å². The summed E-state index contributed by atoms with van der Waals surface area (Å²) in [5.41, 5.74) is 1.37. The number of rotatable bonds is 4. The topological polar surface area (TPSA) is 38.9 Å². The molecule has 0 radical (unpaired) electrons. The van der Waals surface area contributed by atoms with Gasteiger partial charge >= 0.3 is 0 Å². The Morgan fingerprint density at radius 3 is 2.64 bits per heavy atom. The fraction of sp³-hybridized carbons (Fsp3) is 0.0667. The quantitative estimate of drug-likeness (QED) is 0.537. The molecule has 0 unspecified atom stereocenters. The molecule has 7 heteroatoms. The third kappa shape index (κ3) is 3.69. The summed E-state index contributed by atoms with van der Waals surface area (Å²) in [5, 5.41) is 8.98. The van der Waals surface area contributed by atoms with Crippen molar-refractivity contribution in [3.05, 3.63) is 63.3 Å². The Hall–Kier alpha value is -1.37. The Morgan fingerprint density at radius 1 is 1.14 bits per heavy atom. The summed E-state index contributed by atoms with van der Waals surface area (Å²) in [7, 11) is 0. The summed E-state index contributed by atoms with van der Waals surface area (Å²) in [5.74, 6) is 0.566. The van der Waals surface area contributed by atoms with Gasteiger partial charge < -0.3 is 4.42 Å². The van der Waals surface area contributed by atoms with Gasteiger partial charge in [-0.1, -0.05) is 45.4 Å². The molecule has 0 saturated heterocycles. The highest BCUT2D eigenvalue weighted by molar-refractivity contribution is 9.10. The van der Waals surface area contributed by atoms with Crippen molar-refractivity contribution in [1.29, 1.82) is 0 Å². The van der Waals surface area contributed by atoms with Gasteiger partial charge in [-0.2, -0.15) is 0 Å². The first-order chi connectivity index (χ1) is 10.6. The molecule has 1 heterocycles. The van der Waals surface area contributed by atoms with E-state index in [2.05, 4.69) is 26.1 Å². The summed E-state index contributed by atoms with van der Waals surface area (Å²) in [6.45, 7) is 0. The maximum Gasteiger partial charge on any atom is 0.277 e. The average molecular weight is 400 g/mol. The Labute approximate surface area is 144 Å². The maximum absolute atomic E-state index is 13.7. The highest BCUT2D eigenvalue weighted by Gasteiger charge is 2.10. The second-order valence-corrected chi connectivity index (χ2v) is 6.68. The fourth-order valence-electron chi connectivity index (χ4n) is 1.76. The van der Waals surface area contributed by atoms with E-state index in [1.165, 1.54) is 17.8 Å². The second kappa shape index (κ2) is 6.81. The summed E-state index contributed by atoms with van der Waals surface area (Å²) in [4.78, 5) is 0. The standard InChI is InChI=1S/C15H9BrClFN2OS/c16-11-4-1-10(13(18)7-11)8-22-15-20-19-14(21-15)9-2-5-12(17)6-3-9/h1-7H,8H2. The van der Waals surface area contributed by atoms with Gasteiger partial charge in [-0.3, -0.25) is 0 Å². The van der Waals surface area contributed by atoms with Crippen LogP contribution in [0.4, 0.5) is 4.39 Å². The molecule has 0 atom stereocenters. The van der Waals surface area contributed by atoms with Crippen LogP contribution in [0, 0.1) is 5.82 Å². The van der Waals surface area contributed by atoms with Crippen LogP contribution in [0.2, 0.25) is 5.02 Å². The van der Waals surface area contributed by atoms with Gasteiger partial charge in [0, 0.05) is 20.8 Å². The minimum Gasteiger partial charge on any atom is -0.411 e. The lowest BCUT2D eigenvalue weighted by Gasteiger charge is -2.01. The van der Waals surface area contributed by atoms with E-state index in [4.69, 9.17) is 16.0 Å². The molecule has 0 spiro atoms. The SMILES string of the molecule is Fc1cc(Br)ccc1CSc1nnc(-c2ccc(Cl)cc2)o1. The van der Waals surface area contributed by atoms with Crippen LogP contribution in [-0.4, -0.2) is 10.2 Å². The van der Waals surface area contributed by atoms with E-state index in [9.17, 15) is 4.39 Å². The molecule has 3 nitrogen and oxygen atoms in total. The Kier molecular flexibility index (Phi) is 4.81. The van der Waals surface area contributed by atoms with Crippen LogP contribution in [0.3, 0.4) is 0 Å². The normalized spacial score (nSPS) is 10.9. The maximum atomic E-state index is 13.7. The summed E-state index contributed by atoms with van der Waals surface area (Å²) in [6, 6.07) is 12.1. The minimum atomic E-state index is -0.265. The zero-order valence-corrected chi connectivity index (χ0v) is 14.3. The summed E-state index contributed by atoms with van der Waals surface area (Å²) in [6.07, 6.45) is 0. The van der Waals surface area contributed by atoms with Gasteiger partial charge in [-0.05, 0) is 42.0 Å². The molecular weight excluding hydrogens is 391 g/mol. The number of nitrogens with zero attached hydrogens (tertiary/aromatic N) is 2. The zero-order chi connectivity index (χ0) is 15.5. The molecule has 3 aromatic rings. The predicted octanol–water partition coefficient (Wildman–Crippen LogP) is 5.58. The first-order valence-corrected chi connectivity index (χ1v) is 8.43. The van der Waals surface area contributed by atoms with E-state index in [1.807, 2.05) is 0 Å². The Morgan fingerprint density at radius 2 is 1.91 bits per heavy atom. The van der Waals surface area contributed by atoms with Gasteiger partial charge in [-0.25, -0.2) is 4.39 Å². The van der Waals surface area contributed by atoms with Crippen molar-refractivity contribution in [2.45, 2.75) is 11.0 Å². The van der Waals surface area contributed by atoms with E-state index in [1.54, 1.807) is 36.4 Å². The van der Waals surface area contributed by atoms with Crippen LogP contribution in [0.1, 0.15) is 5.56 Å². The number of thioether (sulfide) groups is 1. The van der Waals surface area contributed by atoms with E-state index in [0.717, 1.165) is 5.56 Å². The number of halogens is 3. The molecule has 2 aromatic carbocycles. The molecule has 0 amide bonds. The van der Waals surface area contributed by atoms with Crippen molar-refractivity contribution in [2.75, 3.05) is 0 Å². The van der Waals surface area contributed by atoms with Crippen LogP contribution < -0.4 is 0 Å². The van der Waals surface area contributed by atoms with E-state index < -0.39 is 0 Å². The monoisotopic (exact) mass is 398 g/mol. The third-order valence-corrected chi connectivity index (χ3v) is 4.48. The van der Waals surface area contributed by atoms with Crippen molar-refractivity contribution >= 4 is 39.3 Å². The van der Waals surface area contributed by atoms with Crippen LogP contribution in [0.25, 0.3) is 11.5 Å². The molecule has 112 valence electrons. The van der Waals surface area contributed by atoms with Crippen molar-refractivity contribution in [2.24, 2.45) is 0 Å². The zero-order valence-electron chi connectivity index (χ0n) is 11.1. The van der Waals surface area contributed by atoms with Gasteiger partial charge in [0.25, 0.3) is 5.22 Å². The summed E-state index contributed by atoms with van der Waals surface area (Å²) >= 11 is 10.4. The van der Waals surface area contributed by atoms with Gasteiger partial charge in [0.1, 0.15) is 5.82 Å². The van der Waals surface area contributed by atoms with Gasteiger partial charge in [0.15, 0.2) is 0 Å². The van der Waals surface area contributed by atoms with Crippen molar-refractivity contribution < 1.29 is 8.81 Å². The van der Waals surface area contributed by atoms with Crippen LogP contribution in [-0.2, 0) is 5.75 Å². The fourth-order valence-corrected chi connectivity index (χ4v) is 2.96. The molecule has 1 aromatic heterocycles. The second-order valence-electron chi connectivity index (χ2n) is 4.40. The smallest absolute Gasteiger partial charge is 0.277 e. The number of hydrogen-bond acceptors (Lipinski definition) is 4. The Bertz CT molecular complexity index is 794. The molecule has 0 saturated carbocycles. The van der Waals surface area contributed by atoms with E-state index >= 15 is 0 Å². The minimum absolute atomic E-state index is 0.265. The number of hydrogen-bond donors (Lipinski definition) is 0. The molecule has 0 N–H and O–H groups in total. The predicted molar refractivity (Wildman–Crippen MR) is 88.4 cm³/mol. The van der Waals surface area contributed by atoms with Crippen LogP contribution >= 0.6 is 39.3 Å². The first-order valence-electron chi connectivity index (χ1n) is 6.28. The lowest BCUT2D eigenvalue weighted by Crippen LogP contribution is -1.87. The molecule has 0 aliphatic heterocycles. The van der Waals surface area contributed by atoms with Crippen molar-refractivity contribution in [1.82, 2.24) is 10.2 Å². The first kappa shape index (κ1) is 15.5. The molecule has 0 fully saturated rings. The van der Waals surface area contributed by atoms with Crippen LogP contribution in [0.5, 0.6) is 0 Å². The van der Waals surface area contributed by atoms with Crippen LogP contribution in [0.15, 0.2) is 56.6 Å². The third-order valence-electron chi connectivity index (χ3n) is 2.86. The molecule has 3 rings (SSSR count). The van der Waals surface area contributed by atoms with Gasteiger partial charge in [-0.15, -0.1) is 10.2 Å². The van der Waals surface area contributed by atoms with Gasteiger partial charge in [0.05, 0.1) is 0 Å². The van der Waals surface area contributed by atoms with Crippen molar-refractivity contribution in [3.8, 4) is 11.5 Å².